The van der Waals surface area contributed by atoms with Gasteiger partial charge in [-0.1, -0.05) is 43.2 Å². The third-order valence-corrected chi connectivity index (χ3v) is 5.88. The molecule has 136 valence electrons. The van der Waals surface area contributed by atoms with Crippen molar-refractivity contribution in [2.75, 3.05) is 26.2 Å². The van der Waals surface area contributed by atoms with Crippen LogP contribution in [0.5, 0.6) is 0 Å². The Balaban J connectivity index is 1.43. The first-order valence-corrected chi connectivity index (χ1v) is 9.52. The van der Waals surface area contributed by atoms with Gasteiger partial charge in [-0.25, -0.2) is 4.99 Å². The molecule has 4 rings (SSSR count). The summed E-state index contributed by atoms with van der Waals surface area (Å²) in [5, 5.41) is 12.4. The number of aliphatic imine (C=N–C) groups is 1. The maximum atomic E-state index is 12.5. The molecule has 1 spiro atoms. The minimum atomic E-state index is -0.645. The highest BCUT2D eigenvalue weighted by Gasteiger charge is 2.49. The fourth-order valence-corrected chi connectivity index (χ4v) is 4.41. The molecule has 3 aliphatic rings. The number of amides is 1. The van der Waals surface area contributed by atoms with Crippen molar-refractivity contribution < 1.29 is 4.79 Å². The van der Waals surface area contributed by atoms with Crippen molar-refractivity contribution in [2.45, 2.75) is 37.8 Å². The van der Waals surface area contributed by atoms with Crippen LogP contribution in [0.2, 0.25) is 0 Å². The first kappa shape index (κ1) is 17.0. The van der Waals surface area contributed by atoms with Crippen LogP contribution in [0.15, 0.2) is 35.3 Å². The maximum absolute atomic E-state index is 12.5. The molecule has 2 aliphatic heterocycles. The van der Waals surface area contributed by atoms with E-state index in [2.05, 4.69) is 45.5 Å². The van der Waals surface area contributed by atoms with Crippen LogP contribution in [0.4, 0.5) is 0 Å². The molecule has 2 fully saturated rings. The van der Waals surface area contributed by atoms with Crippen LogP contribution in [-0.4, -0.2) is 53.4 Å². The van der Waals surface area contributed by atoms with Crippen LogP contribution in [0.1, 0.15) is 31.2 Å². The number of guanidine groups is 1. The quantitative estimate of drug-likeness (QED) is 0.881. The first-order valence-electron chi connectivity index (χ1n) is 9.52. The highest BCUT2D eigenvalue weighted by atomic mass is 16.2. The average Bonchev–Trinajstić information content (AvgIpc) is 3.11. The van der Waals surface area contributed by atoms with Crippen LogP contribution in [0.3, 0.4) is 0 Å². The molecule has 2 heterocycles. The summed E-state index contributed by atoms with van der Waals surface area (Å²) in [7, 11) is 0. The molecule has 0 aromatic heterocycles. The molecule has 0 bridgehead atoms. The molecule has 0 unspecified atom stereocenters. The van der Waals surface area contributed by atoms with Crippen LogP contribution >= 0.6 is 0 Å². The summed E-state index contributed by atoms with van der Waals surface area (Å²) in [5.41, 5.74) is 0.833. The van der Waals surface area contributed by atoms with Crippen LogP contribution < -0.4 is 5.32 Å². The Labute approximate surface area is 154 Å². The number of hydrogen-bond acceptors (Lipinski definition) is 5. The predicted molar refractivity (Wildman–Crippen MR) is 99.2 cm³/mol. The average molecular weight is 351 g/mol. The fraction of sp³-hybridized carbons (Fsp3) is 0.550. The smallest absolute Gasteiger partial charge is 0.246 e. The van der Waals surface area contributed by atoms with Crippen molar-refractivity contribution in [3.05, 3.63) is 35.9 Å². The van der Waals surface area contributed by atoms with Gasteiger partial charge >= 0.3 is 0 Å². The molecular formula is C20H25N5O. The molecule has 1 saturated carbocycles. The number of rotatable bonds is 2. The normalized spacial score (nSPS) is 25.7. The van der Waals surface area contributed by atoms with Crippen molar-refractivity contribution in [2.24, 2.45) is 10.9 Å². The van der Waals surface area contributed by atoms with Gasteiger partial charge in [0.05, 0.1) is 11.6 Å². The number of hydrogen-bond donors (Lipinski definition) is 1. The third kappa shape index (κ3) is 3.19. The van der Waals surface area contributed by atoms with Crippen LogP contribution in [-0.2, 0) is 11.3 Å². The van der Waals surface area contributed by atoms with E-state index in [9.17, 15) is 10.1 Å². The Morgan fingerprint density at radius 1 is 1.15 bits per heavy atom. The van der Waals surface area contributed by atoms with Gasteiger partial charge in [-0.2, -0.15) is 5.26 Å². The first-order chi connectivity index (χ1) is 12.7. The number of piperazine rings is 1. The second-order valence-electron chi connectivity index (χ2n) is 7.55. The van der Waals surface area contributed by atoms with E-state index in [1.54, 1.807) is 0 Å². The number of carbonyl (C=O) groups excluding carboxylic acids is 1. The summed E-state index contributed by atoms with van der Waals surface area (Å²) in [6.45, 7) is 4.53. The molecule has 6 heteroatoms. The highest BCUT2D eigenvalue weighted by Crippen LogP contribution is 2.41. The lowest BCUT2D eigenvalue weighted by molar-refractivity contribution is -0.124. The number of nitrogens with zero attached hydrogens (tertiary/aromatic N) is 4. The van der Waals surface area contributed by atoms with Gasteiger partial charge in [-0.05, 0) is 18.4 Å². The molecule has 1 aromatic rings. The Morgan fingerprint density at radius 2 is 1.85 bits per heavy atom. The largest absolute Gasteiger partial charge is 0.340 e. The Morgan fingerprint density at radius 3 is 2.50 bits per heavy atom. The van der Waals surface area contributed by atoms with Crippen molar-refractivity contribution in [1.29, 1.82) is 5.26 Å². The molecule has 1 atom stereocenters. The molecule has 1 aromatic carbocycles. The molecule has 1 aliphatic carbocycles. The third-order valence-electron chi connectivity index (χ3n) is 5.88. The topological polar surface area (TPSA) is 71.7 Å². The van der Waals surface area contributed by atoms with E-state index < -0.39 is 11.5 Å². The summed E-state index contributed by atoms with van der Waals surface area (Å²) < 4.78 is 0. The van der Waals surface area contributed by atoms with Gasteiger partial charge in [-0.15, -0.1) is 0 Å². The molecular weight excluding hydrogens is 326 g/mol. The highest BCUT2D eigenvalue weighted by molar-refractivity contribution is 6.02. The zero-order valence-corrected chi connectivity index (χ0v) is 15.0. The van der Waals surface area contributed by atoms with Crippen molar-refractivity contribution in [1.82, 2.24) is 15.1 Å². The fourth-order valence-electron chi connectivity index (χ4n) is 4.41. The standard InChI is InChI=1S/C20H25N5O/c21-14-17-18(26)22-19(23-20(17)8-4-5-9-20)25-12-10-24(11-13-25)15-16-6-2-1-3-7-16/h1-3,6-7,17H,4-5,8-13,15H2,(H,22,23,26)/t17-/m1/s1. The monoisotopic (exact) mass is 351 g/mol. The minimum Gasteiger partial charge on any atom is -0.340 e. The molecule has 0 radical (unpaired) electrons. The van der Waals surface area contributed by atoms with Gasteiger partial charge < -0.3 is 4.90 Å². The van der Waals surface area contributed by atoms with E-state index in [1.165, 1.54) is 5.56 Å². The lowest BCUT2D eigenvalue weighted by atomic mass is 9.82. The molecule has 1 N–H and O–H groups in total. The second kappa shape index (κ2) is 7.08. The van der Waals surface area contributed by atoms with Gasteiger partial charge in [0.15, 0.2) is 5.92 Å². The summed E-state index contributed by atoms with van der Waals surface area (Å²) in [4.78, 5) is 22.0. The molecule has 26 heavy (non-hydrogen) atoms. The Kier molecular flexibility index (Phi) is 4.64. The summed E-state index contributed by atoms with van der Waals surface area (Å²) in [5.74, 6) is -0.137. The molecule has 6 nitrogen and oxygen atoms in total. The van der Waals surface area contributed by atoms with E-state index in [4.69, 9.17) is 4.99 Å². The van der Waals surface area contributed by atoms with Gasteiger partial charge in [-0.3, -0.25) is 15.0 Å². The van der Waals surface area contributed by atoms with Gasteiger partial charge in [0, 0.05) is 32.7 Å². The van der Waals surface area contributed by atoms with E-state index >= 15 is 0 Å². The molecule has 1 amide bonds. The zero-order valence-electron chi connectivity index (χ0n) is 15.0. The predicted octanol–water partition coefficient (Wildman–Crippen LogP) is 1.74. The van der Waals surface area contributed by atoms with Gasteiger partial charge in [0.2, 0.25) is 11.9 Å². The van der Waals surface area contributed by atoms with E-state index in [-0.39, 0.29) is 5.91 Å². The molecule has 1 saturated heterocycles. The maximum Gasteiger partial charge on any atom is 0.246 e. The Hall–Kier alpha value is -2.39. The van der Waals surface area contributed by atoms with Crippen molar-refractivity contribution >= 4 is 11.9 Å². The number of nitriles is 1. The summed E-state index contributed by atoms with van der Waals surface area (Å²) >= 11 is 0. The number of nitrogens with one attached hydrogen (secondary N) is 1. The lowest BCUT2D eigenvalue weighted by Gasteiger charge is -2.41. The van der Waals surface area contributed by atoms with Crippen molar-refractivity contribution in [3.8, 4) is 6.07 Å². The number of carbonyl (C=O) groups is 1. The summed E-state index contributed by atoms with van der Waals surface area (Å²) in [6.07, 6.45) is 3.78. The number of benzene rings is 1. The zero-order chi connectivity index (χ0) is 18.0. The minimum absolute atomic E-state index is 0.175. The van der Waals surface area contributed by atoms with E-state index in [1.807, 2.05) is 6.07 Å². The lowest BCUT2D eigenvalue weighted by Crippen LogP contribution is -2.59. The Bertz CT molecular complexity index is 724. The van der Waals surface area contributed by atoms with Crippen LogP contribution in [0, 0.1) is 17.2 Å². The van der Waals surface area contributed by atoms with Gasteiger partial charge in [0.25, 0.3) is 0 Å². The summed E-state index contributed by atoms with van der Waals surface area (Å²) in [6, 6.07) is 12.7. The second-order valence-corrected chi connectivity index (χ2v) is 7.55. The van der Waals surface area contributed by atoms with Crippen molar-refractivity contribution in [3.63, 3.8) is 0 Å². The SMILES string of the molecule is N#C[C@@H]1C(=O)NC(N2CCN(Cc3ccccc3)CC2)=NC12CCCC2. The van der Waals surface area contributed by atoms with Gasteiger partial charge in [0.1, 0.15) is 0 Å². The van der Waals surface area contributed by atoms with E-state index in [0.29, 0.717) is 5.96 Å². The van der Waals surface area contributed by atoms with E-state index in [0.717, 1.165) is 58.4 Å². The van der Waals surface area contributed by atoms with Crippen LogP contribution in [0.25, 0.3) is 0 Å².